The van der Waals surface area contributed by atoms with Crippen molar-refractivity contribution in [3.05, 3.63) is 47.6 Å². The Hall–Kier alpha value is -3.32. The van der Waals surface area contributed by atoms with Gasteiger partial charge in [-0.05, 0) is 58.2 Å². The zero-order valence-corrected chi connectivity index (χ0v) is 29.7. The number of hydrogen-bond donors (Lipinski definition) is 1. The first-order valence-corrected chi connectivity index (χ1v) is 18.1. The number of nitrogens with zero attached hydrogens (tertiary/aromatic N) is 1. The van der Waals surface area contributed by atoms with Crippen molar-refractivity contribution in [2.45, 2.75) is 102 Å². The molecule has 0 aromatic carbocycles. The normalized spacial score (nSPS) is 39.7. The Morgan fingerprint density at radius 3 is 2.58 bits per heavy atom. The monoisotopic (exact) mass is 697 g/mol. The molecule has 0 aromatic heterocycles. The molecule has 3 unspecified atom stereocenters. The van der Waals surface area contributed by atoms with Crippen LogP contribution in [0.15, 0.2) is 47.6 Å². The molecule has 2 saturated heterocycles. The number of aliphatic hydroxyl groups is 1. The van der Waals surface area contributed by atoms with Crippen molar-refractivity contribution in [3.8, 4) is 0 Å². The second kappa shape index (κ2) is 15.1. The molecule has 12 atom stereocenters. The van der Waals surface area contributed by atoms with Crippen molar-refractivity contribution in [1.82, 2.24) is 4.90 Å². The minimum absolute atomic E-state index is 0.0784. The second-order valence-corrected chi connectivity index (χ2v) is 14.7. The summed E-state index contributed by atoms with van der Waals surface area (Å²) in [5.41, 5.74) is 0.322. The van der Waals surface area contributed by atoms with Crippen LogP contribution in [0.1, 0.15) is 59.8 Å². The predicted octanol–water partition coefficient (Wildman–Crippen LogP) is 3.22. The van der Waals surface area contributed by atoms with E-state index in [-0.39, 0.29) is 30.8 Å². The average Bonchev–Trinajstić information content (AvgIpc) is 3.71. The average molecular weight is 698 g/mol. The van der Waals surface area contributed by atoms with Gasteiger partial charge < -0.3 is 33.5 Å². The maximum absolute atomic E-state index is 13.7. The molecule has 3 fully saturated rings. The molecule has 12 heteroatoms. The summed E-state index contributed by atoms with van der Waals surface area (Å²) in [5, 5.41) is 11.9. The highest BCUT2D eigenvalue weighted by Crippen LogP contribution is 2.61. The fourth-order valence-electron chi connectivity index (χ4n) is 9.08. The maximum atomic E-state index is 13.7. The number of esters is 4. The van der Waals surface area contributed by atoms with E-state index in [0.717, 1.165) is 31.5 Å². The molecule has 12 nitrogen and oxygen atoms in total. The van der Waals surface area contributed by atoms with Gasteiger partial charge in [0.2, 0.25) is 0 Å². The molecule has 1 saturated carbocycles. The lowest BCUT2D eigenvalue weighted by molar-refractivity contribution is -0.184. The van der Waals surface area contributed by atoms with Crippen LogP contribution in [-0.4, -0.2) is 109 Å². The van der Waals surface area contributed by atoms with Crippen molar-refractivity contribution >= 4 is 23.9 Å². The number of hydrogen-bond acceptors (Lipinski definition) is 12. The molecule has 1 N–H and O–H groups in total. The van der Waals surface area contributed by atoms with Crippen LogP contribution in [-0.2, 0) is 47.6 Å². The van der Waals surface area contributed by atoms with Crippen LogP contribution in [0.25, 0.3) is 0 Å². The van der Waals surface area contributed by atoms with Gasteiger partial charge >= 0.3 is 23.9 Å². The van der Waals surface area contributed by atoms with E-state index in [0.29, 0.717) is 18.5 Å². The predicted molar refractivity (Wildman–Crippen MR) is 179 cm³/mol. The van der Waals surface area contributed by atoms with Crippen LogP contribution in [0.2, 0.25) is 0 Å². The number of allylic oxidation sites excluding steroid dienone is 3. The summed E-state index contributed by atoms with van der Waals surface area (Å²) in [4.78, 5) is 54.3. The zero-order valence-electron chi connectivity index (χ0n) is 29.7. The van der Waals surface area contributed by atoms with E-state index in [1.54, 1.807) is 13.0 Å². The molecule has 3 aliphatic heterocycles. The number of carbonyl (C=O) groups is 4. The third-order valence-corrected chi connectivity index (χ3v) is 11.7. The summed E-state index contributed by atoms with van der Waals surface area (Å²) in [5.74, 6) is -5.25. The number of methoxy groups -OCH3 is 1. The first-order chi connectivity index (χ1) is 24.0. The van der Waals surface area contributed by atoms with Crippen LogP contribution in [0.5, 0.6) is 0 Å². The maximum Gasteiger partial charge on any atom is 0.417 e. The lowest BCUT2D eigenvalue weighted by Crippen LogP contribution is -2.57. The van der Waals surface area contributed by atoms with Crippen molar-refractivity contribution in [2.75, 3.05) is 33.4 Å². The molecule has 0 amide bonds. The van der Waals surface area contributed by atoms with Gasteiger partial charge in [-0.1, -0.05) is 56.7 Å². The number of carbonyl (C=O) groups excluding carboxylic acids is 4. The molecule has 1 spiro atoms. The van der Waals surface area contributed by atoms with Crippen molar-refractivity contribution in [1.29, 1.82) is 0 Å². The summed E-state index contributed by atoms with van der Waals surface area (Å²) >= 11 is 0. The van der Waals surface area contributed by atoms with E-state index >= 15 is 0 Å². The van der Waals surface area contributed by atoms with E-state index in [2.05, 4.69) is 4.90 Å². The highest BCUT2D eigenvalue weighted by Gasteiger charge is 2.69. The van der Waals surface area contributed by atoms with Crippen LogP contribution in [0, 0.1) is 29.6 Å². The topological polar surface area (TPSA) is 147 Å². The third-order valence-electron chi connectivity index (χ3n) is 11.7. The van der Waals surface area contributed by atoms with Gasteiger partial charge in [-0.2, -0.15) is 0 Å². The minimum Gasteiger partial charge on any atom is -0.456 e. The van der Waals surface area contributed by atoms with Gasteiger partial charge in [0.1, 0.15) is 36.6 Å². The van der Waals surface area contributed by atoms with E-state index in [1.807, 2.05) is 51.2 Å². The Kier molecular flexibility index (Phi) is 11.0. The number of piperidine rings is 1. The first kappa shape index (κ1) is 36.5. The van der Waals surface area contributed by atoms with Crippen LogP contribution in [0.3, 0.4) is 0 Å². The summed E-state index contributed by atoms with van der Waals surface area (Å²) < 4.78 is 35.5. The molecular weight excluding hydrogens is 646 g/mol. The molecule has 50 heavy (non-hydrogen) atoms. The zero-order chi connectivity index (χ0) is 35.7. The lowest BCUT2D eigenvalue weighted by Gasteiger charge is -2.49. The standard InChI is InChI=1S/C38H51NO11/c1-21-19-22(2)38-26(13-14-27-29(38)30(40)23(3)32(33(27)50-38)49-34(41)25-11-7-8-12-25)20-28(45-5)35(42)48-31(21)24(4)47-37(44)36(43)46-18-17-39-15-9-6-10-16-39/h7-8,11,13-14,19,21,23-24,26-33,40H,6,9-10,12,15-18,20H2,1-5H3/b22-19+/t21-,23-,24-,26-,27?,28+,29?,30?,31+,32-,33-,38+/m1/s1. The quantitative estimate of drug-likeness (QED) is 0.172. The van der Waals surface area contributed by atoms with Gasteiger partial charge in [0.05, 0.1) is 6.10 Å². The molecule has 274 valence electrons. The number of rotatable bonds is 8. The highest BCUT2D eigenvalue weighted by atomic mass is 16.6. The van der Waals surface area contributed by atoms with Crippen LogP contribution in [0.4, 0.5) is 0 Å². The highest BCUT2D eigenvalue weighted by molar-refractivity contribution is 6.29. The van der Waals surface area contributed by atoms with Crippen LogP contribution >= 0.6 is 0 Å². The smallest absolute Gasteiger partial charge is 0.417 e. The SMILES string of the molecule is CO[C@H]1C[C@H]2C=CC3C4C(O)[C@@H](C)[C@@H](OC(=O)C5=CC=CC5)[C@@H]3O[C@]42/C(C)=C/[C@@H](C)[C@@H]([C@@H](C)OC(=O)C(=O)OCCN2CCCCC2)OC1=O. The van der Waals surface area contributed by atoms with Gasteiger partial charge in [-0.15, -0.1) is 0 Å². The van der Waals surface area contributed by atoms with E-state index < -0.39 is 77.9 Å². The molecule has 3 heterocycles. The Bertz CT molecular complexity index is 1450. The Labute approximate surface area is 293 Å². The minimum atomic E-state index is -1.16. The second-order valence-electron chi connectivity index (χ2n) is 14.7. The van der Waals surface area contributed by atoms with Crippen molar-refractivity contribution in [2.24, 2.45) is 29.6 Å². The van der Waals surface area contributed by atoms with E-state index in [4.69, 9.17) is 28.4 Å². The van der Waals surface area contributed by atoms with E-state index in [1.165, 1.54) is 13.5 Å². The van der Waals surface area contributed by atoms with Crippen LogP contribution < -0.4 is 0 Å². The van der Waals surface area contributed by atoms with Gasteiger partial charge in [0, 0.05) is 48.8 Å². The number of cyclic esters (lactones) is 1. The molecule has 4 bridgehead atoms. The molecule has 3 aliphatic carbocycles. The first-order valence-electron chi connectivity index (χ1n) is 18.1. The third kappa shape index (κ3) is 6.83. The fourth-order valence-corrected chi connectivity index (χ4v) is 9.08. The van der Waals surface area contributed by atoms with Gasteiger partial charge in [-0.25, -0.2) is 19.2 Å². The molecule has 0 aromatic rings. The molecule has 6 aliphatic rings. The van der Waals surface area contributed by atoms with Crippen molar-refractivity contribution < 1.29 is 52.7 Å². The fraction of sp³-hybridized carbons (Fsp3) is 0.684. The van der Waals surface area contributed by atoms with Gasteiger partial charge in [0.25, 0.3) is 0 Å². The summed E-state index contributed by atoms with van der Waals surface area (Å²) in [7, 11) is 1.43. The Morgan fingerprint density at radius 2 is 1.88 bits per heavy atom. The van der Waals surface area contributed by atoms with Gasteiger partial charge in [0.15, 0.2) is 6.10 Å². The number of aliphatic hydroxyl groups excluding tert-OH is 1. The Balaban J connectivity index is 1.22. The summed E-state index contributed by atoms with van der Waals surface area (Å²) in [6.07, 6.45) is 10.4. The molecule has 0 radical (unpaired) electrons. The summed E-state index contributed by atoms with van der Waals surface area (Å²) in [6.45, 7) is 9.72. The number of likely N-dealkylation sites (tertiary alicyclic amines) is 1. The Morgan fingerprint density at radius 1 is 1.12 bits per heavy atom. The lowest BCUT2D eigenvalue weighted by atomic mass is 9.57. The number of ether oxygens (including phenoxy) is 6. The van der Waals surface area contributed by atoms with Crippen molar-refractivity contribution in [3.63, 3.8) is 0 Å². The molecular formula is C38H51NO11. The summed E-state index contributed by atoms with van der Waals surface area (Å²) in [6, 6.07) is 0. The van der Waals surface area contributed by atoms with Gasteiger partial charge in [-0.3, -0.25) is 4.90 Å². The molecule has 6 rings (SSSR count). The largest absolute Gasteiger partial charge is 0.456 e. The van der Waals surface area contributed by atoms with E-state index in [9.17, 15) is 24.3 Å².